The summed E-state index contributed by atoms with van der Waals surface area (Å²) in [6.07, 6.45) is -4.68. The number of carbonyl (C=O) groups excluding carboxylic acids is 1. The second-order valence-corrected chi connectivity index (χ2v) is 6.45. The first-order valence-corrected chi connectivity index (χ1v) is 6.96. The van der Waals surface area contributed by atoms with Crippen LogP contribution < -0.4 is 0 Å². The van der Waals surface area contributed by atoms with E-state index in [0.717, 1.165) is 19.7 Å². The van der Waals surface area contributed by atoms with Gasteiger partial charge in [-0.05, 0) is 0 Å². The van der Waals surface area contributed by atoms with Gasteiger partial charge in [-0.15, -0.1) is 11.3 Å². The van der Waals surface area contributed by atoms with Gasteiger partial charge in [-0.1, -0.05) is 0 Å². The quantitative estimate of drug-likeness (QED) is 0.777. The number of hydrogen-bond acceptors (Lipinski definition) is 6. The monoisotopic (exact) mass is 318 g/mol. The van der Waals surface area contributed by atoms with E-state index in [2.05, 4.69) is 9.72 Å². The van der Waals surface area contributed by atoms with Crippen molar-refractivity contribution in [2.24, 2.45) is 0 Å². The van der Waals surface area contributed by atoms with Crippen LogP contribution in [0.25, 0.3) is 0 Å². The summed E-state index contributed by atoms with van der Waals surface area (Å²) < 4.78 is 64.2. The molecule has 0 radical (unpaired) electrons. The average molecular weight is 318 g/mol. The van der Waals surface area contributed by atoms with Crippen LogP contribution in [0.1, 0.15) is 10.5 Å². The van der Waals surface area contributed by atoms with Crippen LogP contribution in [0.4, 0.5) is 13.2 Å². The van der Waals surface area contributed by atoms with E-state index in [9.17, 15) is 26.4 Å². The number of sulfonamides is 1. The number of halogens is 3. The fraction of sp³-hybridized carbons (Fsp3) is 0.500. The maximum atomic E-state index is 12.2. The summed E-state index contributed by atoms with van der Waals surface area (Å²) in [4.78, 5) is 14.8. The summed E-state index contributed by atoms with van der Waals surface area (Å²) in [7, 11) is -2.67. The fourth-order valence-corrected chi connectivity index (χ4v) is 3.61. The highest BCUT2D eigenvalue weighted by atomic mass is 32.2. The van der Waals surface area contributed by atoms with Crippen molar-refractivity contribution in [1.82, 2.24) is 9.29 Å². The molecular formula is C8H9F3N2O4S2. The minimum Gasteiger partial charge on any atom is -0.464 e. The Morgan fingerprint density at radius 3 is 2.58 bits per heavy atom. The van der Waals surface area contributed by atoms with Gasteiger partial charge < -0.3 is 4.74 Å². The third-order valence-electron chi connectivity index (χ3n) is 1.96. The third-order valence-corrected chi connectivity index (χ3v) is 5.11. The number of thiazole rings is 1. The predicted molar refractivity (Wildman–Crippen MR) is 59.3 cm³/mol. The van der Waals surface area contributed by atoms with Gasteiger partial charge in [0.15, 0.2) is 9.90 Å². The molecule has 19 heavy (non-hydrogen) atoms. The molecule has 0 atom stereocenters. The van der Waals surface area contributed by atoms with Gasteiger partial charge in [0.1, 0.15) is 6.54 Å². The zero-order chi connectivity index (χ0) is 14.8. The maximum absolute atomic E-state index is 12.2. The molecule has 0 N–H and O–H groups in total. The Balaban J connectivity index is 3.15. The van der Waals surface area contributed by atoms with Crippen molar-refractivity contribution in [1.29, 1.82) is 0 Å². The number of methoxy groups -OCH3 is 1. The molecule has 0 aromatic carbocycles. The lowest BCUT2D eigenvalue weighted by Crippen LogP contribution is -2.36. The molecule has 0 bridgehead atoms. The molecule has 108 valence electrons. The number of alkyl halides is 3. The molecule has 6 nitrogen and oxygen atoms in total. The first kappa shape index (κ1) is 15.9. The highest BCUT2D eigenvalue weighted by Gasteiger charge is 2.37. The zero-order valence-corrected chi connectivity index (χ0v) is 11.4. The van der Waals surface area contributed by atoms with Crippen LogP contribution in [-0.2, 0) is 14.8 Å². The van der Waals surface area contributed by atoms with Gasteiger partial charge >= 0.3 is 12.1 Å². The van der Waals surface area contributed by atoms with Crippen LogP contribution in [0.5, 0.6) is 0 Å². The van der Waals surface area contributed by atoms with Gasteiger partial charge in [-0.2, -0.15) is 17.5 Å². The van der Waals surface area contributed by atoms with E-state index in [1.165, 1.54) is 0 Å². The summed E-state index contributed by atoms with van der Waals surface area (Å²) in [5.74, 6) is -1.03. The summed E-state index contributed by atoms with van der Waals surface area (Å²) in [6, 6.07) is 0. The average Bonchev–Trinajstić information content (AvgIpc) is 2.74. The third kappa shape index (κ3) is 3.64. The molecule has 1 aromatic rings. The van der Waals surface area contributed by atoms with E-state index in [1.54, 1.807) is 0 Å². The topological polar surface area (TPSA) is 76.6 Å². The standard InChI is InChI=1S/C8H9F3N2O4S2/c1-13(3-8(9,10)11)19(15,16)7-5(6(14)17-2)12-4-18-7/h4H,3H2,1-2H3. The van der Waals surface area contributed by atoms with Crippen LogP contribution in [-0.4, -0.2) is 50.6 Å². The minimum atomic E-state index is -4.68. The smallest absolute Gasteiger partial charge is 0.402 e. The van der Waals surface area contributed by atoms with Crippen molar-refractivity contribution in [2.75, 3.05) is 20.7 Å². The highest BCUT2D eigenvalue weighted by Crippen LogP contribution is 2.26. The Hall–Kier alpha value is -1.20. The van der Waals surface area contributed by atoms with Crippen LogP contribution in [0.2, 0.25) is 0 Å². The van der Waals surface area contributed by atoms with Gasteiger partial charge in [-0.25, -0.2) is 18.2 Å². The number of carbonyl (C=O) groups is 1. The van der Waals surface area contributed by atoms with E-state index in [1.807, 2.05) is 0 Å². The molecule has 1 aromatic heterocycles. The summed E-state index contributed by atoms with van der Waals surface area (Å²) in [5.41, 5.74) is 0.516. The predicted octanol–water partition coefficient (Wildman–Crippen LogP) is 1.11. The number of esters is 1. The molecule has 1 heterocycles. The highest BCUT2D eigenvalue weighted by molar-refractivity contribution is 7.91. The van der Waals surface area contributed by atoms with Crippen molar-refractivity contribution in [2.45, 2.75) is 10.4 Å². The van der Waals surface area contributed by atoms with E-state index >= 15 is 0 Å². The molecular weight excluding hydrogens is 309 g/mol. The molecule has 0 amide bonds. The van der Waals surface area contributed by atoms with Crippen LogP contribution in [0.15, 0.2) is 9.72 Å². The lowest BCUT2D eigenvalue weighted by molar-refractivity contribution is -0.134. The second-order valence-electron chi connectivity index (χ2n) is 3.36. The van der Waals surface area contributed by atoms with Gasteiger partial charge in [0, 0.05) is 7.05 Å². The molecule has 11 heteroatoms. The van der Waals surface area contributed by atoms with Gasteiger partial charge in [0.25, 0.3) is 10.0 Å². The van der Waals surface area contributed by atoms with Crippen LogP contribution >= 0.6 is 11.3 Å². The Kier molecular flexibility index (Phi) is 4.53. The first-order valence-electron chi connectivity index (χ1n) is 4.64. The normalized spacial score (nSPS) is 12.7. The minimum absolute atomic E-state index is 0.104. The number of nitrogens with zero attached hydrogens (tertiary/aromatic N) is 2. The summed E-state index contributed by atoms with van der Waals surface area (Å²) in [5, 5.41) is 0. The van der Waals surface area contributed by atoms with Crippen molar-refractivity contribution >= 4 is 27.3 Å². The Morgan fingerprint density at radius 1 is 1.53 bits per heavy atom. The van der Waals surface area contributed by atoms with Crippen molar-refractivity contribution in [3.8, 4) is 0 Å². The van der Waals surface area contributed by atoms with Crippen molar-refractivity contribution in [3.63, 3.8) is 0 Å². The lowest BCUT2D eigenvalue weighted by atomic mass is 10.5. The molecule has 0 saturated carbocycles. The molecule has 0 spiro atoms. The lowest BCUT2D eigenvalue weighted by Gasteiger charge is -2.17. The maximum Gasteiger partial charge on any atom is 0.402 e. The Morgan fingerprint density at radius 2 is 2.11 bits per heavy atom. The second kappa shape index (κ2) is 5.43. The van der Waals surface area contributed by atoms with Crippen molar-refractivity contribution < 1.29 is 31.1 Å². The zero-order valence-electron chi connectivity index (χ0n) is 9.76. The molecule has 0 saturated heterocycles. The first-order chi connectivity index (χ1) is 8.59. The van der Waals surface area contributed by atoms with Gasteiger partial charge in [0.05, 0.1) is 12.6 Å². The Bertz CT molecular complexity index is 567. The van der Waals surface area contributed by atoms with E-state index in [4.69, 9.17) is 0 Å². The molecule has 0 aliphatic rings. The van der Waals surface area contributed by atoms with E-state index in [-0.39, 0.29) is 4.31 Å². The largest absolute Gasteiger partial charge is 0.464 e. The summed E-state index contributed by atoms with van der Waals surface area (Å²) >= 11 is 0.546. The molecule has 0 fully saturated rings. The SMILES string of the molecule is COC(=O)c1ncsc1S(=O)(=O)N(C)CC(F)(F)F. The molecule has 1 rings (SSSR count). The summed E-state index contributed by atoms with van der Waals surface area (Å²) in [6.45, 7) is -1.66. The van der Waals surface area contributed by atoms with Crippen LogP contribution in [0, 0.1) is 0 Å². The number of aromatic nitrogens is 1. The van der Waals surface area contributed by atoms with Crippen LogP contribution in [0.3, 0.4) is 0 Å². The van der Waals surface area contributed by atoms with E-state index in [0.29, 0.717) is 11.3 Å². The number of rotatable bonds is 4. The molecule has 0 aliphatic heterocycles. The molecule has 0 aliphatic carbocycles. The van der Waals surface area contributed by atoms with Gasteiger partial charge in [0.2, 0.25) is 0 Å². The van der Waals surface area contributed by atoms with E-state index < -0.39 is 38.6 Å². The number of ether oxygens (including phenoxy) is 1. The Labute approximate surface area is 110 Å². The molecule has 0 unspecified atom stereocenters. The number of hydrogen-bond donors (Lipinski definition) is 0. The van der Waals surface area contributed by atoms with Gasteiger partial charge in [-0.3, -0.25) is 0 Å². The fourth-order valence-electron chi connectivity index (χ4n) is 1.13. The van der Waals surface area contributed by atoms with Crippen molar-refractivity contribution in [3.05, 3.63) is 11.2 Å².